The predicted molar refractivity (Wildman–Crippen MR) is 67.2 cm³/mol. The number of benzene rings is 1. The Bertz CT molecular complexity index is 350. The maximum absolute atomic E-state index is 9.26. The maximum Gasteiger partial charge on any atom is 0.161 e. The highest BCUT2D eigenvalue weighted by Gasteiger charge is 2.10. The van der Waals surface area contributed by atoms with E-state index in [1.54, 1.807) is 21.1 Å². The lowest BCUT2D eigenvalue weighted by Gasteiger charge is -2.12. The number of halogens is 1. The molecule has 1 rings (SSSR count). The molecule has 1 aromatic rings. The lowest BCUT2D eigenvalue weighted by Crippen LogP contribution is -2.02. The van der Waals surface area contributed by atoms with Gasteiger partial charge in [-0.2, -0.15) is 0 Å². The summed E-state index contributed by atoms with van der Waals surface area (Å²) in [6.07, 6.45) is 1.24. The van der Waals surface area contributed by atoms with Crippen molar-refractivity contribution in [2.24, 2.45) is 0 Å². The molecule has 1 atom stereocenters. The summed E-state index contributed by atoms with van der Waals surface area (Å²) in [6.45, 7) is 1.79. The van der Waals surface area contributed by atoms with Crippen LogP contribution in [0.1, 0.15) is 18.9 Å². The average molecular weight is 289 g/mol. The van der Waals surface area contributed by atoms with Gasteiger partial charge in [-0.3, -0.25) is 0 Å². The first-order valence-electron chi connectivity index (χ1n) is 5.17. The molecule has 90 valence electrons. The Hall–Kier alpha value is -0.740. The van der Waals surface area contributed by atoms with Gasteiger partial charge >= 0.3 is 0 Å². The van der Waals surface area contributed by atoms with Gasteiger partial charge in [0.1, 0.15) is 0 Å². The first-order valence-corrected chi connectivity index (χ1v) is 5.96. The molecule has 0 saturated carbocycles. The maximum atomic E-state index is 9.26. The van der Waals surface area contributed by atoms with Crippen molar-refractivity contribution in [3.63, 3.8) is 0 Å². The highest BCUT2D eigenvalue weighted by molar-refractivity contribution is 9.10. The fourth-order valence-corrected chi connectivity index (χ4v) is 1.97. The molecule has 0 aliphatic heterocycles. The van der Waals surface area contributed by atoms with Gasteiger partial charge in [0.05, 0.1) is 20.3 Å². The molecule has 0 unspecified atom stereocenters. The third-order valence-corrected chi connectivity index (χ3v) is 3.12. The summed E-state index contributed by atoms with van der Waals surface area (Å²) < 4.78 is 11.4. The van der Waals surface area contributed by atoms with Gasteiger partial charge in [0.2, 0.25) is 0 Å². The zero-order valence-electron chi connectivity index (χ0n) is 9.79. The number of ether oxygens (including phenoxy) is 2. The van der Waals surface area contributed by atoms with Crippen molar-refractivity contribution < 1.29 is 14.6 Å². The second kappa shape index (κ2) is 6.11. The number of aliphatic hydroxyl groups excluding tert-OH is 1. The molecule has 0 heterocycles. The molecule has 1 N–H and O–H groups in total. The van der Waals surface area contributed by atoms with E-state index in [1.165, 1.54) is 0 Å². The normalized spacial score (nSPS) is 12.3. The highest BCUT2D eigenvalue weighted by Crippen LogP contribution is 2.33. The van der Waals surface area contributed by atoms with Gasteiger partial charge in [-0.05, 0) is 37.5 Å². The molecule has 0 fully saturated rings. The Labute approximate surface area is 105 Å². The Kier molecular flexibility index (Phi) is 5.09. The standard InChI is InChI=1S/C12H17BrO3/c1-8(14)4-5-9-6-11(15-2)12(16-3)7-10(9)13/h6-8,14H,4-5H2,1-3H3/t8-/m1/s1. The largest absolute Gasteiger partial charge is 0.493 e. The third-order valence-electron chi connectivity index (χ3n) is 2.38. The third kappa shape index (κ3) is 3.39. The molecular formula is C12H17BrO3. The van der Waals surface area contributed by atoms with E-state index in [9.17, 15) is 5.11 Å². The van der Waals surface area contributed by atoms with Gasteiger partial charge in [-0.1, -0.05) is 15.9 Å². The number of hydrogen-bond acceptors (Lipinski definition) is 3. The molecule has 0 aliphatic carbocycles. The molecule has 4 heteroatoms. The summed E-state index contributed by atoms with van der Waals surface area (Å²) in [5.74, 6) is 1.42. The lowest BCUT2D eigenvalue weighted by molar-refractivity contribution is 0.185. The molecule has 0 amide bonds. The summed E-state index contributed by atoms with van der Waals surface area (Å²) in [5, 5.41) is 9.26. The van der Waals surface area contributed by atoms with Crippen LogP contribution in [0.3, 0.4) is 0 Å². The van der Waals surface area contributed by atoms with Crippen molar-refractivity contribution in [1.82, 2.24) is 0 Å². The van der Waals surface area contributed by atoms with Crippen molar-refractivity contribution in [3.05, 3.63) is 22.2 Å². The Morgan fingerprint density at radius 3 is 2.31 bits per heavy atom. The average Bonchev–Trinajstić information content (AvgIpc) is 2.26. The molecule has 0 aromatic heterocycles. The monoisotopic (exact) mass is 288 g/mol. The second-order valence-corrected chi connectivity index (χ2v) is 4.54. The fraction of sp³-hybridized carbons (Fsp3) is 0.500. The number of methoxy groups -OCH3 is 2. The highest BCUT2D eigenvalue weighted by atomic mass is 79.9. The van der Waals surface area contributed by atoms with Gasteiger partial charge in [0, 0.05) is 4.47 Å². The molecule has 0 radical (unpaired) electrons. The van der Waals surface area contributed by atoms with Gasteiger partial charge < -0.3 is 14.6 Å². The van der Waals surface area contributed by atoms with E-state index in [4.69, 9.17) is 9.47 Å². The lowest BCUT2D eigenvalue weighted by atomic mass is 10.1. The SMILES string of the molecule is COc1cc(Br)c(CC[C@@H](C)O)cc1OC. The van der Waals surface area contributed by atoms with Crippen LogP contribution in [0.4, 0.5) is 0 Å². The van der Waals surface area contributed by atoms with Crippen LogP contribution in [0.5, 0.6) is 11.5 Å². The molecule has 0 spiro atoms. The Balaban J connectivity index is 2.92. The molecule has 0 saturated heterocycles. The summed E-state index contributed by atoms with van der Waals surface area (Å²) in [4.78, 5) is 0. The van der Waals surface area contributed by atoms with Gasteiger partial charge in [-0.15, -0.1) is 0 Å². The minimum absolute atomic E-state index is 0.292. The Morgan fingerprint density at radius 1 is 1.25 bits per heavy atom. The van der Waals surface area contributed by atoms with Crippen molar-refractivity contribution in [2.45, 2.75) is 25.9 Å². The first-order chi connectivity index (χ1) is 7.58. The summed E-state index contributed by atoms with van der Waals surface area (Å²) in [6, 6.07) is 3.82. The number of aliphatic hydroxyl groups is 1. The summed E-state index contributed by atoms with van der Waals surface area (Å²) in [7, 11) is 3.23. The van der Waals surface area contributed by atoms with Crippen LogP contribution in [0, 0.1) is 0 Å². The van der Waals surface area contributed by atoms with Crippen LogP contribution in [-0.4, -0.2) is 25.4 Å². The van der Waals surface area contributed by atoms with E-state index < -0.39 is 0 Å². The summed E-state index contributed by atoms with van der Waals surface area (Å²) >= 11 is 3.48. The number of rotatable bonds is 5. The van der Waals surface area contributed by atoms with E-state index in [2.05, 4.69) is 15.9 Å². The topological polar surface area (TPSA) is 38.7 Å². The second-order valence-electron chi connectivity index (χ2n) is 3.69. The van der Waals surface area contributed by atoms with Crippen LogP contribution < -0.4 is 9.47 Å². The van der Waals surface area contributed by atoms with Crippen LogP contribution in [0.2, 0.25) is 0 Å². The van der Waals surface area contributed by atoms with Crippen molar-refractivity contribution in [1.29, 1.82) is 0 Å². The van der Waals surface area contributed by atoms with Crippen molar-refractivity contribution in [2.75, 3.05) is 14.2 Å². The van der Waals surface area contributed by atoms with Crippen molar-refractivity contribution in [3.8, 4) is 11.5 Å². The van der Waals surface area contributed by atoms with E-state index >= 15 is 0 Å². The van der Waals surface area contributed by atoms with Crippen LogP contribution in [0.15, 0.2) is 16.6 Å². The summed E-state index contributed by atoms with van der Waals surface area (Å²) in [5.41, 5.74) is 1.11. The van der Waals surface area contributed by atoms with Crippen molar-refractivity contribution >= 4 is 15.9 Å². The van der Waals surface area contributed by atoms with Crippen LogP contribution >= 0.6 is 15.9 Å². The molecule has 0 aliphatic rings. The van der Waals surface area contributed by atoms with Crippen LogP contribution in [-0.2, 0) is 6.42 Å². The molecule has 3 nitrogen and oxygen atoms in total. The van der Waals surface area contributed by atoms with Gasteiger partial charge in [-0.25, -0.2) is 0 Å². The van der Waals surface area contributed by atoms with Gasteiger partial charge in [0.15, 0.2) is 11.5 Å². The molecule has 0 bridgehead atoms. The van der Waals surface area contributed by atoms with Crippen LogP contribution in [0.25, 0.3) is 0 Å². The molecular weight excluding hydrogens is 272 g/mol. The molecule has 1 aromatic carbocycles. The fourth-order valence-electron chi connectivity index (χ4n) is 1.45. The smallest absolute Gasteiger partial charge is 0.161 e. The zero-order valence-corrected chi connectivity index (χ0v) is 11.4. The Morgan fingerprint density at radius 2 is 1.81 bits per heavy atom. The zero-order chi connectivity index (χ0) is 12.1. The first kappa shape index (κ1) is 13.3. The molecule has 16 heavy (non-hydrogen) atoms. The van der Waals surface area contributed by atoms with E-state index in [1.807, 2.05) is 12.1 Å². The predicted octanol–water partition coefficient (Wildman–Crippen LogP) is 2.78. The minimum atomic E-state index is -0.292. The minimum Gasteiger partial charge on any atom is -0.493 e. The van der Waals surface area contributed by atoms with E-state index in [0.29, 0.717) is 11.5 Å². The quantitative estimate of drug-likeness (QED) is 0.906. The van der Waals surface area contributed by atoms with E-state index in [0.717, 1.165) is 22.9 Å². The van der Waals surface area contributed by atoms with E-state index in [-0.39, 0.29) is 6.10 Å². The number of hydrogen-bond donors (Lipinski definition) is 1. The van der Waals surface area contributed by atoms with Gasteiger partial charge in [0.25, 0.3) is 0 Å². The number of aryl methyl sites for hydroxylation is 1.